The SMILES string of the molecule is CC(NC(=O)c1ccccc1NC(=O)CN(CC(=O)N(C)C)C(C)C)c1ccccc1.O=C(O)C(F)(F)F. The van der Waals surface area contributed by atoms with Gasteiger partial charge in [0.05, 0.1) is 30.4 Å². The van der Waals surface area contributed by atoms with Crippen LogP contribution in [-0.4, -0.2) is 78.0 Å². The number of anilines is 1. The number of carboxylic acids is 1. The first-order valence-electron chi connectivity index (χ1n) is 11.6. The van der Waals surface area contributed by atoms with Gasteiger partial charge in [-0.3, -0.25) is 19.3 Å². The van der Waals surface area contributed by atoms with Crippen molar-refractivity contribution in [1.82, 2.24) is 15.1 Å². The summed E-state index contributed by atoms with van der Waals surface area (Å²) in [5.41, 5.74) is 1.82. The monoisotopic (exact) mass is 538 g/mol. The normalized spacial score (nSPS) is 11.7. The van der Waals surface area contributed by atoms with Crippen LogP contribution in [-0.2, 0) is 14.4 Å². The highest BCUT2D eigenvalue weighted by Gasteiger charge is 2.38. The summed E-state index contributed by atoms with van der Waals surface area (Å²) >= 11 is 0. The number of aliphatic carboxylic acids is 1. The molecule has 38 heavy (non-hydrogen) atoms. The van der Waals surface area contributed by atoms with Gasteiger partial charge in [-0.05, 0) is 38.5 Å². The quantitative estimate of drug-likeness (QED) is 0.449. The molecule has 1 atom stereocenters. The molecular weight excluding hydrogens is 505 g/mol. The zero-order valence-electron chi connectivity index (χ0n) is 21.9. The highest BCUT2D eigenvalue weighted by atomic mass is 19.4. The first-order valence-corrected chi connectivity index (χ1v) is 11.6. The smallest absolute Gasteiger partial charge is 0.475 e. The van der Waals surface area contributed by atoms with E-state index in [-0.39, 0.29) is 42.9 Å². The van der Waals surface area contributed by atoms with Crippen molar-refractivity contribution in [2.24, 2.45) is 0 Å². The lowest BCUT2D eigenvalue weighted by Gasteiger charge is -2.26. The van der Waals surface area contributed by atoms with E-state index in [0.29, 0.717) is 11.3 Å². The third-order valence-electron chi connectivity index (χ3n) is 5.25. The van der Waals surface area contributed by atoms with Gasteiger partial charge in [0.15, 0.2) is 0 Å². The molecule has 3 N–H and O–H groups in total. The van der Waals surface area contributed by atoms with Crippen molar-refractivity contribution in [1.29, 1.82) is 0 Å². The van der Waals surface area contributed by atoms with Gasteiger partial charge in [-0.25, -0.2) is 4.79 Å². The average Bonchev–Trinajstić information content (AvgIpc) is 2.84. The van der Waals surface area contributed by atoms with Gasteiger partial charge in [0, 0.05) is 20.1 Å². The number of carbonyl (C=O) groups is 4. The minimum Gasteiger partial charge on any atom is -0.475 e. The van der Waals surface area contributed by atoms with Crippen LogP contribution in [0.15, 0.2) is 54.6 Å². The minimum absolute atomic E-state index is 0.0138. The van der Waals surface area contributed by atoms with Gasteiger partial charge >= 0.3 is 12.1 Å². The average molecular weight is 539 g/mol. The molecule has 2 aromatic rings. The van der Waals surface area contributed by atoms with E-state index in [1.165, 1.54) is 4.90 Å². The zero-order chi connectivity index (χ0) is 29.0. The van der Waals surface area contributed by atoms with Gasteiger partial charge in [-0.1, -0.05) is 42.5 Å². The molecule has 2 rings (SSSR count). The van der Waals surface area contributed by atoms with Crippen LogP contribution in [0.5, 0.6) is 0 Å². The molecule has 0 heterocycles. The number of alkyl halides is 3. The Kier molecular flexibility index (Phi) is 12.4. The number of nitrogens with one attached hydrogen (secondary N) is 2. The van der Waals surface area contributed by atoms with E-state index in [1.54, 1.807) is 43.3 Å². The number of carbonyl (C=O) groups excluding carboxylic acids is 3. The van der Waals surface area contributed by atoms with Crippen molar-refractivity contribution in [2.75, 3.05) is 32.5 Å². The Morgan fingerprint density at radius 2 is 1.42 bits per heavy atom. The molecule has 9 nitrogen and oxygen atoms in total. The highest BCUT2D eigenvalue weighted by Crippen LogP contribution is 2.18. The van der Waals surface area contributed by atoms with Gasteiger partial charge in [0.2, 0.25) is 11.8 Å². The van der Waals surface area contributed by atoms with Crippen LogP contribution in [0.4, 0.5) is 18.9 Å². The van der Waals surface area contributed by atoms with E-state index in [2.05, 4.69) is 10.6 Å². The fraction of sp³-hybridized carbons (Fsp3) is 0.385. The molecule has 0 aromatic heterocycles. The Labute approximate surface area is 219 Å². The highest BCUT2D eigenvalue weighted by molar-refractivity contribution is 6.04. The number of hydrogen-bond donors (Lipinski definition) is 3. The number of amides is 3. The third kappa shape index (κ3) is 11.0. The Bertz CT molecular complexity index is 1090. The summed E-state index contributed by atoms with van der Waals surface area (Å²) in [7, 11) is 3.37. The molecule has 208 valence electrons. The minimum atomic E-state index is -5.08. The molecule has 0 aliphatic rings. The maximum absolute atomic E-state index is 12.9. The zero-order valence-corrected chi connectivity index (χ0v) is 21.9. The number of likely N-dealkylation sites (N-methyl/N-ethyl adjacent to an activating group) is 1. The fourth-order valence-electron chi connectivity index (χ4n) is 3.00. The van der Waals surface area contributed by atoms with Crippen molar-refractivity contribution in [3.63, 3.8) is 0 Å². The first-order chi connectivity index (χ1) is 17.6. The molecule has 0 fully saturated rings. The summed E-state index contributed by atoms with van der Waals surface area (Å²) in [6, 6.07) is 16.4. The lowest BCUT2D eigenvalue weighted by atomic mass is 10.1. The van der Waals surface area contributed by atoms with Crippen LogP contribution in [0.3, 0.4) is 0 Å². The number of rotatable bonds is 9. The van der Waals surface area contributed by atoms with Crippen molar-refractivity contribution in [3.8, 4) is 0 Å². The number of para-hydroxylation sites is 1. The number of carboxylic acid groups (broad SMARTS) is 1. The molecule has 0 radical (unpaired) electrons. The molecule has 1 unspecified atom stereocenters. The lowest BCUT2D eigenvalue weighted by Crippen LogP contribution is -2.44. The summed E-state index contributed by atoms with van der Waals surface area (Å²) in [4.78, 5) is 49.8. The first kappa shape index (κ1) is 32.1. The molecule has 3 amide bonds. The van der Waals surface area contributed by atoms with Gasteiger partial charge in [0.1, 0.15) is 0 Å². The number of nitrogens with zero attached hydrogens (tertiary/aromatic N) is 2. The van der Waals surface area contributed by atoms with Crippen LogP contribution in [0.2, 0.25) is 0 Å². The fourth-order valence-corrected chi connectivity index (χ4v) is 3.00. The predicted octanol–water partition coefficient (Wildman–Crippen LogP) is 3.55. The van der Waals surface area contributed by atoms with Crippen molar-refractivity contribution >= 4 is 29.4 Å². The van der Waals surface area contributed by atoms with Gasteiger partial charge in [0.25, 0.3) is 5.91 Å². The second kappa shape index (κ2) is 14.7. The van der Waals surface area contributed by atoms with Crippen LogP contribution in [0, 0.1) is 0 Å². The Hall–Kier alpha value is -3.93. The van der Waals surface area contributed by atoms with E-state index in [0.717, 1.165) is 5.56 Å². The largest absolute Gasteiger partial charge is 0.490 e. The Morgan fingerprint density at radius 3 is 1.92 bits per heavy atom. The van der Waals surface area contributed by atoms with Gasteiger partial charge in [-0.2, -0.15) is 13.2 Å². The molecule has 12 heteroatoms. The van der Waals surface area contributed by atoms with E-state index in [1.807, 2.05) is 51.1 Å². The van der Waals surface area contributed by atoms with Crippen LogP contribution >= 0.6 is 0 Å². The molecular formula is C26H33F3N4O5. The van der Waals surface area contributed by atoms with Crippen LogP contribution in [0.25, 0.3) is 0 Å². The second-order valence-corrected chi connectivity index (χ2v) is 8.79. The molecule has 0 saturated carbocycles. The van der Waals surface area contributed by atoms with Crippen molar-refractivity contribution in [3.05, 3.63) is 65.7 Å². The van der Waals surface area contributed by atoms with E-state index in [4.69, 9.17) is 9.90 Å². The molecule has 0 bridgehead atoms. The maximum atomic E-state index is 12.9. The maximum Gasteiger partial charge on any atom is 0.490 e. The molecule has 0 spiro atoms. The topological polar surface area (TPSA) is 119 Å². The summed E-state index contributed by atoms with van der Waals surface area (Å²) < 4.78 is 31.7. The molecule has 0 saturated heterocycles. The van der Waals surface area contributed by atoms with E-state index < -0.39 is 12.1 Å². The summed E-state index contributed by atoms with van der Waals surface area (Å²) in [5, 5.41) is 12.9. The molecule has 0 aliphatic carbocycles. The van der Waals surface area contributed by atoms with Gasteiger partial charge < -0.3 is 20.6 Å². The van der Waals surface area contributed by atoms with Crippen LogP contribution < -0.4 is 10.6 Å². The Morgan fingerprint density at radius 1 is 0.895 bits per heavy atom. The number of hydrogen-bond acceptors (Lipinski definition) is 5. The summed E-state index contributed by atoms with van der Waals surface area (Å²) in [6.45, 7) is 5.98. The Balaban J connectivity index is 0.000000905. The molecule has 0 aliphatic heterocycles. The second-order valence-electron chi connectivity index (χ2n) is 8.79. The standard InChI is InChI=1S/C24H32N4O3.C2HF3O2/c1-17(2)28(16-23(30)27(4)5)15-22(29)26-21-14-10-9-13-20(21)24(31)25-18(3)19-11-7-6-8-12-19;3-2(4,5)1(6)7/h6-14,17-18H,15-16H2,1-5H3,(H,25,31)(H,26,29);(H,6,7). The third-order valence-corrected chi connectivity index (χ3v) is 5.25. The lowest BCUT2D eigenvalue weighted by molar-refractivity contribution is -0.192. The van der Waals surface area contributed by atoms with Crippen molar-refractivity contribution < 1.29 is 37.5 Å². The number of halogens is 3. The van der Waals surface area contributed by atoms with Crippen LogP contribution in [0.1, 0.15) is 42.7 Å². The molecule has 2 aromatic carbocycles. The van der Waals surface area contributed by atoms with Crippen molar-refractivity contribution in [2.45, 2.75) is 39.0 Å². The predicted molar refractivity (Wildman–Crippen MR) is 136 cm³/mol. The summed E-state index contributed by atoms with van der Waals surface area (Å²) in [6.07, 6.45) is -5.08. The van der Waals surface area contributed by atoms with E-state index >= 15 is 0 Å². The van der Waals surface area contributed by atoms with E-state index in [9.17, 15) is 27.6 Å². The van der Waals surface area contributed by atoms with Gasteiger partial charge in [-0.15, -0.1) is 0 Å². The summed E-state index contributed by atoms with van der Waals surface area (Å²) in [5.74, 6) is -3.38. The number of benzene rings is 2.